The Bertz CT molecular complexity index is 398. The van der Waals surface area contributed by atoms with Crippen LogP contribution in [0.1, 0.15) is 30.0 Å². The zero-order chi connectivity index (χ0) is 12.3. The number of aliphatic carboxylic acids is 1. The SMILES string of the molecule is NC(CC(=O)O)c1cc(Br)cc(C(F)F)c1. The first-order chi connectivity index (χ1) is 7.40. The fourth-order valence-electron chi connectivity index (χ4n) is 1.28. The molecule has 0 saturated carbocycles. The van der Waals surface area contributed by atoms with E-state index in [2.05, 4.69) is 15.9 Å². The monoisotopic (exact) mass is 293 g/mol. The second-order valence-electron chi connectivity index (χ2n) is 3.32. The van der Waals surface area contributed by atoms with E-state index in [9.17, 15) is 13.6 Å². The number of nitrogens with two attached hydrogens (primary N) is 1. The molecule has 1 atom stereocenters. The van der Waals surface area contributed by atoms with E-state index in [0.29, 0.717) is 10.0 Å². The molecule has 0 aromatic heterocycles. The average Bonchev–Trinajstić information content (AvgIpc) is 2.15. The van der Waals surface area contributed by atoms with Gasteiger partial charge < -0.3 is 10.8 Å². The first-order valence-electron chi connectivity index (χ1n) is 4.46. The van der Waals surface area contributed by atoms with Crippen LogP contribution in [0.2, 0.25) is 0 Å². The van der Waals surface area contributed by atoms with Crippen LogP contribution in [-0.2, 0) is 4.79 Å². The minimum absolute atomic E-state index is 0.176. The van der Waals surface area contributed by atoms with Crippen LogP contribution in [0.5, 0.6) is 0 Å². The molecule has 0 radical (unpaired) electrons. The van der Waals surface area contributed by atoms with Crippen molar-refractivity contribution in [2.24, 2.45) is 5.73 Å². The van der Waals surface area contributed by atoms with Gasteiger partial charge in [-0.05, 0) is 23.8 Å². The molecule has 1 aromatic carbocycles. The summed E-state index contributed by atoms with van der Waals surface area (Å²) >= 11 is 3.08. The highest BCUT2D eigenvalue weighted by molar-refractivity contribution is 9.10. The Hall–Kier alpha value is -1.01. The molecule has 0 bridgehead atoms. The Labute approximate surface area is 99.4 Å². The summed E-state index contributed by atoms with van der Waals surface area (Å²) in [6.45, 7) is 0. The van der Waals surface area contributed by atoms with Crippen molar-refractivity contribution in [3.63, 3.8) is 0 Å². The van der Waals surface area contributed by atoms with Gasteiger partial charge in [0.2, 0.25) is 0 Å². The summed E-state index contributed by atoms with van der Waals surface area (Å²) in [7, 11) is 0. The molecule has 0 aliphatic heterocycles. The molecule has 16 heavy (non-hydrogen) atoms. The predicted octanol–water partition coefficient (Wildman–Crippen LogP) is 2.86. The van der Waals surface area contributed by atoms with Crippen molar-refractivity contribution in [3.8, 4) is 0 Å². The Morgan fingerprint density at radius 3 is 2.44 bits per heavy atom. The van der Waals surface area contributed by atoms with Crippen LogP contribution >= 0.6 is 15.9 Å². The Morgan fingerprint density at radius 1 is 1.38 bits per heavy atom. The van der Waals surface area contributed by atoms with Gasteiger partial charge in [0.1, 0.15) is 0 Å². The molecule has 0 spiro atoms. The molecule has 0 heterocycles. The van der Waals surface area contributed by atoms with Crippen LogP contribution in [0.3, 0.4) is 0 Å². The fourth-order valence-corrected chi connectivity index (χ4v) is 1.81. The Kier molecular flexibility index (Phi) is 4.37. The van der Waals surface area contributed by atoms with Crippen LogP contribution in [-0.4, -0.2) is 11.1 Å². The zero-order valence-electron chi connectivity index (χ0n) is 8.16. The third-order valence-electron chi connectivity index (χ3n) is 2.02. The van der Waals surface area contributed by atoms with Crippen molar-refractivity contribution in [3.05, 3.63) is 33.8 Å². The van der Waals surface area contributed by atoms with E-state index >= 15 is 0 Å². The number of rotatable bonds is 4. The van der Waals surface area contributed by atoms with Gasteiger partial charge in [0.25, 0.3) is 6.43 Å². The summed E-state index contributed by atoms with van der Waals surface area (Å²) in [4.78, 5) is 10.4. The van der Waals surface area contributed by atoms with Crippen molar-refractivity contribution in [1.82, 2.24) is 0 Å². The number of halogens is 3. The van der Waals surface area contributed by atoms with Crippen molar-refractivity contribution in [1.29, 1.82) is 0 Å². The minimum Gasteiger partial charge on any atom is -0.481 e. The van der Waals surface area contributed by atoms with E-state index in [-0.39, 0.29) is 12.0 Å². The second-order valence-corrected chi connectivity index (χ2v) is 4.24. The van der Waals surface area contributed by atoms with Crippen LogP contribution in [0.25, 0.3) is 0 Å². The molecule has 6 heteroatoms. The number of carboxylic acid groups (broad SMARTS) is 1. The maximum Gasteiger partial charge on any atom is 0.305 e. The van der Waals surface area contributed by atoms with Crippen molar-refractivity contribution >= 4 is 21.9 Å². The molecule has 0 fully saturated rings. The summed E-state index contributed by atoms with van der Waals surface area (Å²) in [5.74, 6) is -1.06. The van der Waals surface area contributed by atoms with E-state index < -0.39 is 18.4 Å². The number of benzene rings is 1. The standard InChI is InChI=1S/C10H10BrF2NO2/c11-7-2-5(8(14)4-9(15)16)1-6(3-7)10(12)13/h1-3,8,10H,4,14H2,(H,15,16). The van der Waals surface area contributed by atoms with Gasteiger partial charge in [-0.25, -0.2) is 8.78 Å². The van der Waals surface area contributed by atoms with E-state index in [0.717, 1.165) is 0 Å². The topological polar surface area (TPSA) is 63.3 Å². The summed E-state index contributed by atoms with van der Waals surface area (Å²) < 4.78 is 25.4. The minimum atomic E-state index is -2.60. The molecule has 3 nitrogen and oxygen atoms in total. The first kappa shape index (κ1) is 13.1. The first-order valence-corrected chi connectivity index (χ1v) is 5.25. The third kappa shape index (κ3) is 3.53. The van der Waals surface area contributed by atoms with Gasteiger partial charge in [-0.1, -0.05) is 15.9 Å². The van der Waals surface area contributed by atoms with Gasteiger partial charge in [-0.2, -0.15) is 0 Å². The van der Waals surface area contributed by atoms with E-state index in [1.54, 1.807) is 6.07 Å². The highest BCUT2D eigenvalue weighted by Crippen LogP contribution is 2.27. The van der Waals surface area contributed by atoms with Crippen LogP contribution in [0.15, 0.2) is 22.7 Å². The summed E-state index contributed by atoms with van der Waals surface area (Å²) in [6.07, 6.45) is -2.90. The normalized spacial score (nSPS) is 12.8. The Morgan fingerprint density at radius 2 is 1.94 bits per heavy atom. The van der Waals surface area contributed by atoms with Gasteiger partial charge in [0, 0.05) is 16.1 Å². The van der Waals surface area contributed by atoms with E-state index in [1.807, 2.05) is 0 Å². The Balaban J connectivity index is 2.99. The zero-order valence-corrected chi connectivity index (χ0v) is 9.75. The van der Waals surface area contributed by atoms with Crippen LogP contribution in [0, 0.1) is 0 Å². The molecule has 1 rings (SSSR count). The number of carboxylic acids is 1. The summed E-state index contributed by atoms with van der Waals surface area (Å²) in [5.41, 5.74) is 5.79. The van der Waals surface area contributed by atoms with Crippen LogP contribution in [0.4, 0.5) is 8.78 Å². The fraction of sp³-hybridized carbons (Fsp3) is 0.300. The van der Waals surface area contributed by atoms with Crippen LogP contribution < -0.4 is 5.73 Å². The lowest BCUT2D eigenvalue weighted by molar-refractivity contribution is -0.137. The maximum atomic E-state index is 12.5. The number of alkyl halides is 2. The number of hydrogen-bond donors (Lipinski definition) is 2. The smallest absolute Gasteiger partial charge is 0.305 e. The van der Waals surface area contributed by atoms with Crippen molar-refractivity contribution in [2.75, 3.05) is 0 Å². The second kappa shape index (κ2) is 5.36. The maximum absolute atomic E-state index is 12.5. The van der Waals surface area contributed by atoms with E-state index in [1.165, 1.54) is 12.1 Å². The average molecular weight is 294 g/mol. The highest BCUT2D eigenvalue weighted by atomic mass is 79.9. The molecule has 88 valence electrons. The van der Waals surface area contributed by atoms with Crippen molar-refractivity contribution in [2.45, 2.75) is 18.9 Å². The molecule has 0 saturated heterocycles. The molecular formula is C10H10BrF2NO2. The third-order valence-corrected chi connectivity index (χ3v) is 2.47. The molecular weight excluding hydrogens is 284 g/mol. The molecule has 1 unspecified atom stereocenters. The molecule has 0 aliphatic carbocycles. The number of hydrogen-bond acceptors (Lipinski definition) is 2. The van der Waals surface area contributed by atoms with Gasteiger partial charge in [-0.3, -0.25) is 4.79 Å². The molecule has 0 amide bonds. The van der Waals surface area contributed by atoms with Gasteiger partial charge in [0.15, 0.2) is 0 Å². The quantitative estimate of drug-likeness (QED) is 0.897. The van der Waals surface area contributed by atoms with Crippen molar-refractivity contribution < 1.29 is 18.7 Å². The molecule has 0 aliphatic rings. The molecule has 1 aromatic rings. The predicted molar refractivity (Wildman–Crippen MR) is 58.3 cm³/mol. The lowest BCUT2D eigenvalue weighted by Gasteiger charge is -2.11. The summed E-state index contributed by atoms with van der Waals surface area (Å²) in [6, 6.07) is 3.26. The highest BCUT2D eigenvalue weighted by Gasteiger charge is 2.15. The lowest BCUT2D eigenvalue weighted by Crippen LogP contribution is -2.15. The van der Waals surface area contributed by atoms with Gasteiger partial charge in [-0.15, -0.1) is 0 Å². The molecule has 3 N–H and O–H groups in total. The van der Waals surface area contributed by atoms with Gasteiger partial charge in [0.05, 0.1) is 6.42 Å². The largest absolute Gasteiger partial charge is 0.481 e. The van der Waals surface area contributed by atoms with Gasteiger partial charge >= 0.3 is 5.97 Å². The lowest BCUT2D eigenvalue weighted by atomic mass is 10.0. The number of carbonyl (C=O) groups is 1. The van der Waals surface area contributed by atoms with E-state index in [4.69, 9.17) is 10.8 Å². The summed E-state index contributed by atoms with van der Waals surface area (Å²) in [5, 5.41) is 8.55.